The van der Waals surface area contributed by atoms with E-state index in [1.807, 2.05) is 30.3 Å². The highest BCUT2D eigenvalue weighted by atomic mass is 16.5. The predicted octanol–water partition coefficient (Wildman–Crippen LogP) is 1.63. The predicted molar refractivity (Wildman–Crippen MR) is 113 cm³/mol. The van der Waals surface area contributed by atoms with Crippen LogP contribution in [0.5, 0.6) is 0 Å². The fourth-order valence-corrected chi connectivity index (χ4v) is 5.54. The van der Waals surface area contributed by atoms with E-state index in [1.54, 1.807) is 10.4 Å². The molecule has 0 bridgehead atoms. The van der Waals surface area contributed by atoms with Crippen molar-refractivity contribution in [3.05, 3.63) is 30.3 Å². The normalized spacial score (nSPS) is 30.3. The number of likely N-dealkylation sites (tertiary alicyclic amines) is 1. The standard InChI is InChI=1S/C22H30N4O5/c1-2-15-12-22(15)13-17(19(27)23-31)18(26(14-22)21(29)30)20(28)25-10-8-24(9-11-25)16-6-4-3-5-7-16/h3-7,15,17-18,31H,2,8-14H2,1H3,(H,23,27)(H,29,30)/t15?,17-,18-,22?/m0/s1. The lowest BCUT2D eigenvalue weighted by Crippen LogP contribution is -2.63. The molecule has 3 aliphatic rings. The average Bonchev–Trinajstić information content (AvgIpc) is 3.49. The van der Waals surface area contributed by atoms with Crippen molar-refractivity contribution in [1.82, 2.24) is 15.3 Å². The molecule has 2 saturated heterocycles. The summed E-state index contributed by atoms with van der Waals surface area (Å²) in [6.45, 7) is 4.48. The Balaban J connectivity index is 1.52. The van der Waals surface area contributed by atoms with Crippen LogP contribution in [0.25, 0.3) is 0 Å². The molecule has 9 nitrogen and oxygen atoms in total. The Morgan fingerprint density at radius 2 is 1.77 bits per heavy atom. The zero-order valence-electron chi connectivity index (χ0n) is 17.7. The van der Waals surface area contributed by atoms with Gasteiger partial charge in [-0.15, -0.1) is 0 Å². The molecule has 3 fully saturated rings. The van der Waals surface area contributed by atoms with E-state index >= 15 is 0 Å². The van der Waals surface area contributed by atoms with Gasteiger partial charge in [-0.1, -0.05) is 31.5 Å². The van der Waals surface area contributed by atoms with E-state index in [0.29, 0.717) is 38.5 Å². The first kappa shape index (κ1) is 21.4. The lowest BCUT2D eigenvalue weighted by Gasteiger charge is -2.45. The quantitative estimate of drug-likeness (QED) is 0.494. The Morgan fingerprint density at radius 3 is 2.32 bits per heavy atom. The van der Waals surface area contributed by atoms with Crippen LogP contribution in [-0.2, 0) is 9.59 Å². The Hall–Kier alpha value is -2.81. The summed E-state index contributed by atoms with van der Waals surface area (Å²) in [6, 6.07) is 8.81. The lowest BCUT2D eigenvalue weighted by molar-refractivity contribution is -0.150. The molecular formula is C22H30N4O5. The summed E-state index contributed by atoms with van der Waals surface area (Å²) < 4.78 is 0. The number of para-hydroxylation sites is 1. The number of carboxylic acid groups (broad SMARTS) is 1. The second-order valence-electron chi connectivity index (χ2n) is 8.96. The van der Waals surface area contributed by atoms with Crippen LogP contribution in [0, 0.1) is 17.3 Å². The molecule has 1 spiro atoms. The van der Waals surface area contributed by atoms with Crippen LogP contribution >= 0.6 is 0 Å². The number of rotatable bonds is 4. The van der Waals surface area contributed by atoms with Crippen LogP contribution in [0.15, 0.2) is 30.3 Å². The van der Waals surface area contributed by atoms with Gasteiger partial charge in [0.1, 0.15) is 6.04 Å². The number of nitrogens with one attached hydrogen (secondary N) is 1. The maximum Gasteiger partial charge on any atom is 0.408 e. The fourth-order valence-electron chi connectivity index (χ4n) is 5.54. The lowest BCUT2D eigenvalue weighted by atomic mass is 9.78. The van der Waals surface area contributed by atoms with Gasteiger partial charge in [0.2, 0.25) is 11.8 Å². The SMILES string of the molecule is CCC1CC12C[C@H](C(=O)NO)[C@@H](C(=O)N1CCN(c3ccccc3)CC1)N(C(=O)O)C2. The second kappa shape index (κ2) is 8.37. The summed E-state index contributed by atoms with van der Waals surface area (Å²) in [4.78, 5) is 43.1. The molecule has 9 heteroatoms. The second-order valence-corrected chi connectivity index (χ2v) is 8.96. The summed E-state index contributed by atoms with van der Waals surface area (Å²) in [5, 5.41) is 19.2. The van der Waals surface area contributed by atoms with Crippen molar-refractivity contribution in [2.75, 3.05) is 37.6 Å². The van der Waals surface area contributed by atoms with Gasteiger partial charge in [0.25, 0.3) is 0 Å². The van der Waals surface area contributed by atoms with Gasteiger partial charge in [-0.3, -0.25) is 19.7 Å². The minimum absolute atomic E-state index is 0.260. The molecule has 1 aromatic carbocycles. The number of nitrogens with zero attached hydrogens (tertiary/aromatic N) is 3. The molecular weight excluding hydrogens is 400 g/mol. The minimum Gasteiger partial charge on any atom is -0.465 e. The molecule has 3 amide bonds. The number of hydroxylamine groups is 1. The van der Waals surface area contributed by atoms with Crippen molar-refractivity contribution in [2.24, 2.45) is 17.3 Å². The van der Waals surface area contributed by atoms with Crippen molar-refractivity contribution < 1.29 is 24.7 Å². The third-order valence-electron chi connectivity index (χ3n) is 7.34. The Kier molecular flexibility index (Phi) is 5.79. The van der Waals surface area contributed by atoms with Gasteiger partial charge in [0.15, 0.2) is 0 Å². The zero-order valence-corrected chi connectivity index (χ0v) is 17.7. The highest BCUT2D eigenvalue weighted by molar-refractivity contribution is 5.92. The molecule has 1 saturated carbocycles. The van der Waals surface area contributed by atoms with Gasteiger partial charge in [-0.25, -0.2) is 10.3 Å². The van der Waals surface area contributed by atoms with E-state index in [1.165, 1.54) is 0 Å². The molecule has 31 heavy (non-hydrogen) atoms. The third kappa shape index (κ3) is 3.94. The highest BCUT2D eigenvalue weighted by Gasteiger charge is 2.62. The molecule has 4 atom stereocenters. The van der Waals surface area contributed by atoms with Gasteiger partial charge in [-0.2, -0.15) is 0 Å². The van der Waals surface area contributed by atoms with Crippen molar-refractivity contribution in [3.63, 3.8) is 0 Å². The largest absolute Gasteiger partial charge is 0.465 e. The number of hydrogen-bond donors (Lipinski definition) is 3. The smallest absolute Gasteiger partial charge is 0.408 e. The molecule has 0 radical (unpaired) electrons. The maximum absolute atomic E-state index is 13.5. The fraction of sp³-hybridized carbons (Fsp3) is 0.591. The van der Waals surface area contributed by atoms with E-state index < -0.39 is 24.0 Å². The summed E-state index contributed by atoms with van der Waals surface area (Å²) >= 11 is 0. The summed E-state index contributed by atoms with van der Waals surface area (Å²) in [6.07, 6.45) is 0.972. The summed E-state index contributed by atoms with van der Waals surface area (Å²) in [5.74, 6) is -1.60. The highest BCUT2D eigenvalue weighted by Crippen LogP contribution is 2.61. The first-order valence-electron chi connectivity index (χ1n) is 10.9. The molecule has 1 aliphatic carbocycles. The average molecular weight is 431 g/mol. The molecule has 1 aromatic rings. The first-order valence-corrected chi connectivity index (χ1v) is 10.9. The Bertz CT molecular complexity index is 842. The number of benzene rings is 1. The summed E-state index contributed by atoms with van der Waals surface area (Å²) in [7, 11) is 0. The molecule has 4 rings (SSSR count). The van der Waals surface area contributed by atoms with Crippen LogP contribution in [0.3, 0.4) is 0 Å². The van der Waals surface area contributed by atoms with Crippen LogP contribution < -0.4 is 10.4 Å². The van der Waals surface area contributed by atoms with E-state index in [2.05, 4.69) is 11.8 Å². The van der Waals surface area contributed by atoms with Crippen molar-refractivity contribution in [1.29, 1.82) is 0 Å². The van der Waals surface area contributed by atoms with E-state index in [9.17, 15) is 24.7 Å². The summed E-state index contributed by atoms with van der Waals surface area (Å²) in [5.41, 5.74) is 2.48. The van der Waals surface area contributed by atoms with Crippen LogP contribution in [0.2, 0.25) is 0 Å². The minimum atomic E-state index is -1.20. The van der Waals surface area contributed by atoms with Gasteiger partial charge < -0.3 is 14.9 Å². The number of carbonyl (C=O) groups is 3. The van der Waals surface area contributed by atoms with Gasteiger partial charge in [0.05, 0.1) is 5.92 Å². The number of piperidine rings is 1. The van der Waals surface area contributed by atoms with Crippen molar-refractivity contribution in [3.8, 4) is 0 Å². The maximum atomic E-state index is 13.5. The molecule has 2 heterocycles. The van der Waals surface area contributed by atoms with Crippen LogP contribution in [0.1, 0.15) is 26.2 Å². The number of piperazine rings is 1. The number of carbonyl (C=O) groups excluding carboxylic acids is 2. The van der Waals surface area contributed by atoms with Crippen molar-refractivity contribution in [2.45, 2.75) is 32.2 Å². The molecule has 2 unspecified atom stereocenters. The number of anilines is 1. The first-order chi connectivity index (χ1) is 14.9. The molecule has 2 aliphatic heterocycles. The van der Waals surface area contributed by atoms with E-state index in [4.69, 9.17) is 0 Å². The molecule has 3 N–H and O–H groups in total. The third-order valence-corrected chi connectivity index (χ3v) is 7.34. The van der Waals surface area contributed by atoms with Gasteiger partial charge >= 0.3 is 6.09 Å². The Morgan fingerprint density at radius 1 is 1.10 bits per heavy atom. The number of hydrogen-bond acceptors (Lipinski definition) is 5. The van der Waals surface area contributed by atoms with E-state index in [-0.39, 0.29) is 17.9 Å². The van der Waals surface area contributed by atoms with Crippen LogP contribution in [-0.4, -0.2) is 76.8 Å². The topological polar surface area (TPSA) is 113 Å². The monoisotopic (exact) mass is 430 g/mol. The van der Waals surface area contributed by atoms with E-state index in [0.717, 1.165) is 23.4 Å². The molecule has 168 valence electrons. The van der Waals surface area contributed by atoms with Crippen LogP contribution in [0.4, 0.5) is 10.5 Å². The zero-order chi connectivity index (χ0) is 22.2. The van der Waals surface area contributed by atoms with Crippen molar-refractivity contribution >= 4 is 23.6 Å². The Labute approximate surface area is 181 Å². The molecule has 0 aromatic heterocycles. The number of amides is 3. The van der Waals surface area contributed by atoms with Gasteiger partial charge in [-0.05, 0) is 36.3 Å². The van der Waals surface area contributed by atoms with Gasteiger partial charge in [0, 0.05) is 38.4 Å².